The van der Waals surface area contributed by atoms with Crippen LogP contribution in [0.5, 0.6) is 0 Å². The van der Waals surface area contributed by atoms with Crippen LogP contribution in [0.1, 0.15) is 42.8 Å². The van der Waals surface area contributed by atoms with Gasteiger partial charge in [-0.2, -0.15) is 5.10 Å². The number of benzene rings is 1. The molecule has 0 saturated carbocycles. The fraction of sp³-hybridized carbons (Fsp3) is 0.259. The number of halogens is 1. The van der Waals surface area contributed by atoms with Crippen molar-refractivity contribution in [3.63, 3.8) is 0 Å². The standard InChI is InChI=1S/C27H24ClN5S2/c1-16-15-34-27(29-16)32-31-17(2)25-24(33-13-5-6-14-33)23-22(18-9-11-19(28)12-10-18)20-7-3-4-8-21(20)30-26(23)35-25/h5-6,9-14H,3-4,7-8,15H2,1-2H3/b31-17+,32-27-. The summed E-state index contributed by atoms with van der Waals surface area (Å²) in [4.78, 5) is 11.8. The van der Waals surface area contributed by atoms with Crippen molar-refractivity contribution in [1.29, 1.82) is 0 Å². The highest BCUT2D eigenvalue weighted by Gasteiger charge is 2.26. The zero-order valence-corrected chi connectivity index (χ0v) is 22.0. The number of amidine groups is 1. The van der Waals surface area contributed by atoms with Crippen LogP contribution in [0.2, 0.25) is 5.02 Å². The molecule has 1 aromatic carbocycles. The Kier molecular flexibility index (Phi) is 6.08. The molecule has 4 heterocycles. The smallest absolute Gasteiger partial charge is 0.209 e. The van der Waals surface area contributed by atoms with Crippen LogP contribution in [-0.2, 0) is 12.8 Å². The number of hydrogen-bond donors (Lipinski definition) is 0. The molecule has 2 aliphatic rings. The first-order valence-electron chi connectivity index (χ1n) is 11.8. The van der Waals surface area contributed by atoms with Gasteiger partial charge in [-0.3, -0.25) is 0 Å². The summed E-state index contributed by atoms with van der Waals surface area (Å²) in [6.45, 7) is 4.05. The maximum absolute atomic E-state index is 6.26. The second-order valence-corrected chi connectivity index (χ2v) is 11.3. The molecule has 0 spiro atoms. The topological polar surface area (TPSA) is 54.9 Å². The molecule has 35 heavy (non-hydrogen) atoms. The maximum atomic E-state index is 6.26. The third kappa shape index (κ3) is 4.26. The van der Waals surface area contributed by atoms with E-state index in [4.69, 9.17) is 16.6 Å². The Balaban J connectivity index is 1.64. The minimum Gasteiger partial charge on any atom is -0.322 e. The summed E-state index contributed by atoms with van der Waals surface area (Å²) in [7, 11) is 0. The van der Waals surface area contributed by atoms with Gasteiger partial charge in [0.15, 0.2) is 0 Å². The van der Waals surface area contributed by atoms with E-state index in [1.165, 1.54) is 40.6 Å². The first-order valence-corrected chi connectivity index (χ1v) is 13.9. The lowest BCUT2D eigenvalue weighted by Gasteiger charge is -2.21. The number of nitrogens with zero attached hydrogens (tertiary/aromatic N) is 5. The molecule has 176 valence electrons. The van der Waals surface area contributed by atoms with Crippen molar-refractivity contribution in [2.24, 2.45) is 15.2 Å². The molecule has 1 aliphatic heterocycles. The van der Waals surface area contributed by atoms with Gasteiger partial charge in [0, 0.05) is 40.0 Å². The van der Waals surface area contributed by atoms with E-state index in [1.54, 1.807) is 23.1 Å². The van der Waals surface area contributed by atoms with Crippen LogP contribution >= 0.6 is 34.7 Å². The Morgan fingerprint density at radius 3 is 2.60 bits per heavy atom. The summed E-state index contributed by atoms with van der Waals surface area (Å²) in [5.74, 6) is 0.880. The predicted octanol–water partition coefficient (Wildman–Crippen LogP) is 7.57. The second-order valence-electron chi connectivity index (χ2n) is 8.88. The number of rotatable bonds is 4. The number of hydrogen-bond acceptors (Lipinski definition) is 5. The predicted molar refractivity (Wildman–Crippen MR) is 151 cm³/mol. The van der Waals surface area contributed by atoms with E-state index in [-0.39, 0.29) is 0 Å². The van der Waals surface area contributed by atoms with Gasteiger partial charge in [0.25, 0.3) is 0 Å². The second kappa shape index (κ2) is 9.37. The Labute approximate surface area is 217 Å². The molecule has 0 atom stereocenters. The largest absolute Gasteiger partial charge is 0.322 e. The van der Waals surface area contributed by atoms with E-state index < -0.39 is 0 Å². The molecule has 5 nitrogen and oxygen atoms in total. The van der Waals surface area contributed by atoms with Gasteiger partial charge in [-0.05, 0) is 80.5 Å². The first kappa shape index (κ1) is 22.7. The van der Waals surface area contributed by atoms with Crippen molar-refractivity contribution >= 4 is 61.5 Å². The highest BCUT2D eigenvalue weighted by Crippen LogP contribution is 2.44. The van der Waals surface area contributed by atoms with E-state index in [2.05, 4.69) is 56.4 Å². The summed E-state index contributed by atoms with van der Waals surface area (Å²) in [6.07, 6.45) is 8.62. The Hall–Kier alpha value is -2.74. The summed E-state index contributed by atoms with van der Waals surface area (Å²) in [5, 5.41) is 11.7. The Morgan fingerprint density at radius 2 is 1.86 bits per heavy atom. The number of pyridine rings is 1. The average molecular weight is 518 g/mol. The highest BCUT2D eigenvalue weighted by atomic mass is 35.5. The third-order valence-corrected chi connectivity index (χ3v) is 8.82. The van der Waals surface area contributed by atoms with Gasteiger partial charge in [0.1, 0.15) is 4.83 Å². The van der Waals surface area contributed by atoms with Crippen molar-refractivity contribution in [3.8, 4) is 16.8 Å². The average Bonchev–Trinajstić information content (AvgIpc) is 3.61. The molecule has 0 fully saturated rings. The maximum Gasteiger partial charge on any atom is 0.209 e. The highest BCUT2D eigenvalue weighted by molar-refractivity contribution is 8.14. The molecule has 6 rings (SSSR count). The molecule has 0 saturated heterocycles. The molecule has 8 heteroatoms. The van der Waals surface area contributed by atoms with Crippen molar-refractivity contribution in [2.75, 3.05) is 5.75 Å². The molecule has 4 aromatic rings. The van der Waals surface area contributed by atoms with Crippen LogP contribution in [0.3, 0.4) is 0 Å². The van der Waals surface area contributed by atoms with E-state index >= 15 is 0 Å². The minimum absolute atomic E-state index is 0.723. The molecule has 0 bridgehead atoms. The lowest BCUT2D eigenvalue weighted by Crippen LogP contribution is -2.08. The lowest BCUT2D eigenvalue weighted by molar-refractivity contribution is 0.673. The van der Waals surface area contributed by atoms with Gasteiger partial charge < -0.3 is 4.57 Å². The summed E-state index contributed by atoms with van der Waals surface area (Å²) in [5.41, 5.74) is 8.11. The molecular formula is C27H24ClN5S2. The van der Waals surface area contributed by atoms with Crippen LogP contribution in [0.4, 0.5) is 0 Å². The number of thioether (sulfide) groups is 1. The summed E-state index contributed by atoms with van der Waals surface area (Å²) in [6, 6.07) is 12.3. The van der Waals surface area contributed by atoms with E-state index in [9.17, 15) is 0 Å². The third-order valence-electron chi connectivity index (χ3n) is 6.40. The van der Waals surface area contributed by atoms with Crippen LogP contribution in [0, 0.1) is 0 Å². The molecule has 0 amide bonds. The Bertz CT molecular complexity index is 1510. The van der Waals surface area contributed by atoms with Crippen molar-refractivity contribution in [1.82, 2.24) is 9.55 Å². The number of aromatic nitrogens is 2. The quantitative estimate of drug-likeness (QED) is 0.207. The molecular weight excluding hydrogens is 494 g/mol. The van der Waals surface area contributed by atoms with Crippen LogP contribution in [-0.4, -0.2) is 31.9 Å². The van der Waals surface area contributed by atoms with E-state index in [0.29, 0.717) is 0 Å². The minimum atomic E-state index is 0.723. The zero-order valence-electron chi connectivity index (χ0n) is 19.6. The van der Waals surface area contributed by atoms with Crippen molar-refractivity contribution in [2.45, 2.75) is 39.5 Å². The number of fused-ring (bicyclic) bond motifs is 2. The lowest BCUT2D eigenvalue weighted by atomic mass is 9.87. The molecule has 1 aliphatic carbocycles. The van der Waals surface area contributed by atoms with Gasteiger partial charge in [-0.15, -0.1) is 16.4 Å². The molecule has 3 aromatic heterocycles. The van der Waals surface area contributed by atoms with Gasteiger partial charge in [0.2, 0.25) is 5.17 Å². The SMILES string of the molecule is CC1=N/C(=N/N=C(\C)c2sc3nc4c(c(-c5ccc(Cl)cc5)c3c2-n2cccc2)CCCC4)SC1. The molecule has 0 radical (unpaired) electrons. The number of aliphatic imine (C=N–C) groups is 1. The normalized spacial score (nSPS) is 17.3. The van der Waals surface area contributed by atoms with Gasteiger partial charge in [0.05, 0.1) is 16.3 Å². The zero-order chi connectivity index (χ0) is 23.9. The van der Waals surface area contributed by atoms with Crippen LogP contribution in [0.15, 0.2) is 64.0 Å². The van der Waals surface area contributed by atoms with Gasteiger partial charge >= 0.3 is 0 Å². The summed E-state index contributed by atoms with van der Waals surface area (Å²) >= 11 is 9.59. The first-order chi connectivity index (χ1) is 17.1. The fourth-order valence-electron chi connectivity index (χ4n) is 4.79. The van der Waals surface area contributed by atoms with Crippen LogP contribution in [0.25, 0.3) is 27.0 Å². The van der Waals surface area contributed by atoms with Crippen molar-refractivity contribution < 1.29 is 0 Å². The van der Waals surface area contributed by atoms with Gasteiger partial charge in [-0.25, -0.2) is 9.98 Å². The van der Waals surface area contributed by atoms with E-state index in [0.717, 1.165) is 55.6 Å². The fourth-order valence-corrected chi connectivity index (χ4v) is 6.78. The number of thiophene rings is 1. The van der Waals surface area contributed by atoms with E-state index in [1.807, 2.05) is 26.0 Å². The Morgan fingerprint density at radius 1 is 1.09 bits per heavy atom. The number of aryl methyl sites for hydroxylation is 1. The monoisotopic (exact) mass is 517 g/mol. The van der Waals surface area contributed by atoms with Crippen LogP contribution < -0.4 is 0 Å². The molecule has 0 N–H and O–H groups in total. The van der Waals surface area contributed by atoms with Crippen molar-refractivity contribution in [3.05, 3.63) is 69.9 Å². The summed E-state index contributed by atoms with van der Waals surface area (Å²) < 4.78 is 2.18. The molecule has 0 unspecified atom stereocenters. The van der Waals surface area contributed by atoms with Gasteiger partial charge in [-0.1, -0.05) is 35.5 Å².